The highest BCUT2D eigenvalue weighted by Crippen LogP contribution is 2.43. The molecule has 0 aliphatic carbocycles. The molecule has 17 heteroatoms. The number of nitro groups is 3. The fraction of sp³-hybridized carbons (Fsp3) is 0.306. The minimum absolute atomic E-state index is 0.00152. The number of esters is 2. The Balaban J connectivity index is 0.000000238. The van der Waals surface area contributed by atoms with Gasteiger partial charge in [0.1, 0.15) is 18.1 Å². The van der Waals surface area contributed by atoms with Crippen LogP contribution in [0.3, 0.4) is 0 Å². The molecule has 0 saturated heterocycles. The summed E-state index contributed by atoms with van der Waals surface area (Å²) in [5.74, 6) is -2.17. The predicted molar refractivity (Wildman–Crippen MR) is 190 cm³/mol. The molecule has 0 fully saturated rings. The van der Waals surface area contributed by atoms with Gasteiger partial charge in [-0.05, 0) is 29.1 Å². The maximum absolute atomic E-state index is 12.2. The lowest BCUT2D eigenvalue weighted by Gasteiger charge is -2.19. The molecule has 278 valence electrons. The maximum atomic E-state index is 12.2. The zero-order chi connectivity index (χ0) is 39.3. The minimum Gasteiger partial charge on any atom is -0.492 e. The first-order valence-corrected chi connectivity index (χ1v) is 16.1. The van der Waals surface area contributed by atoms with Gasteiger partial charge in [0.2, 0.25) is 0 Å². The van der Waals surface area contributed by atoms with Crippen LogP contribution in [0.4, 0.5) is 17.1 Å². The molecule has 0 bridgehead atoms. The van der Waals surface area contributed by atoms with E-state index >= 15 is 0 Å². The highest BCUT2D eigenvalue weighted by Gasteiger charge is 2.34. The Morgan fingerprint density at radius 2 is 1.32 bits per heavy atom. The largest absolute Gasteiger partial charge is 0.492 e. The molecule has 0 aliphatic rings. The van der Waals surface area contributed by atoms with Gasteiger partial charge in [-0.1, -0.05) is 70.2 Å². The Labute approximate surface area is 300 Å². The van der Waals surface area contributed by atoms with E-state index in [1.165, 1.54) is 21.0 Å². The van der Waals surface area contributed by atoms with Gasteiger partial charge >= 0.3 is 23.3 Å². The summed E-state index contributed by atoms with van der Waals surface area (Å²) in [4.78, 5) is 68.4. The van der Waals surface area contributed by atoms with Crippen molar-refractivity contribution >= 4 is 61.5 Å². The van der Waals surface area contributed by atoms with E-state index in [1.54, 1.807) is 32.9 Å². The summed E-state index contributed by atoms with van der Waals surface area (Å²) < 4.78 is 20.5. The van der Waals surface area contributed by atoms with Gasteiger partial charge in [0.05, 0.1) is 56.8 Å². The second-order valence-corrected chi connectivity index (χ2v) is 12.3. The fourth-order valence-electron chi connectivity index (χ4n) is 5.70. The highest BCUT2D eigenvalue weighted by molar-refractivity contribution is 6.13. The van der Waals surface area contributed by atoms with Crippen LogP contribution in [0.2, 0.25) is 0 Å². The fourth-order valence-corrected chi connectivity index (χ4v) is 5.70. The molecule has 5 aromatic rings. The van der Waals surface area contributed by atoms with Gasteiger partial charge in [0.15, 0.2) is 11.3 Å². The van der Waals surface area contributed by atoms with E-state index in [2.05, 4.69) is 0 Å². The standard InChI is InChI=1S/C20H19NO4.C16H16N2O10/c1-12(2)20(22)25-13(3)18-16-10-6-4-8-14(16)15-9-5-7-11-17(15)19(18)21(23)24;1-7(2)15(20)27-6-9-11-10(17(22)23)4-8(5-19)13(26-3)14(11)28-16(21)12(9)18(24)25/h4-13H,1-3H3;4,7,19H,5-6H2,1-3H3. The lowest BCUT2D eigenvalue weighted by atomic mass is 9.92. The minimum atomic E-state index is -1.41. The average Bonchev–Trinajstić information content (AvgIpc) is 3.11. The van der Waals surface area contributed by atoms with E-state index < -0.39 is 74.6 Å². The summed E-state index contributed by atoms with van der Waals surface area (Å²) in [5.41, 5.74) is -3.77. The van der Waals surface area contributed by atoms with Crippen LogP contribution in [0.25, 0.3) is 32.5 Å². The van der Waals surface area contributed by atoms with Crippen molar-refractivity contribution in [1.82, 2.24) is 0 Å². The third-order valence-electron chi connectivity index (χ3n) is 8.15. The molecule has 1 N–H and O–H groups in total. The normalized spacial score (nSPS) is 11.6. The number of methoxy groups -OCH3 is 1. The quantitative estimate of drug-likeness (QED) is 0.0474. The first-order chi connectivity index (χ1) is 25.0. The van der Waals surface area contributed by atoms with Crippen molar-refractivity contribution in [3.63, 3.8) is 0 Å². The molecular weight excluding hydrogens is 698 g/mol. The van der Waals surface area contributed by atoms with Crippen molar-refractivity contribution in [2.24, 2.45) is 11.8 Å². The van der Waals surface area contributed by atoms with E-state index in [9.17, 15) is 49.8 Å². The van der Waals surface area contributed by atoms with Gasteiger partial charge in [-0.2, -0.15) is 0 Å². The van der Waals surface area contributed by atoms with Crippen molar-refractivity contribution in [3.8, 4) is 5.75 Å². The van der Waals surface area contributed by atoms with Crippen molar-refractivity contribution in [3.05, 3.63) is 112 Å². The number of carbonyl (C=O) groups excluding carboxylic acids is 2. The van der Waals surface area contributed by atoms with Crippen molar-refractivity contribution in [2.75, 3.05) is 7.11 Å². The van der Waals surface area contributed by atoms with Crippen LogP contribution < -0.4 is 10.4 Å². The number of non-ortho nitro benzene ring substituents is 1. The topological polar surface area (TPSA) is 242 Å². The van der Waals surface area contributed by atoms with E-state index in [0.29, 0.717) is 10.9 Å². The Morgan fingerprint density at radius 3 is 1.81 bits per heavy atom. The van der Waals surface area contributed by atoms with Crippen LogP contribution in [-0.2, 0) is 32.3 Å². The predicted octanol–water partition coefficient (Wildman–Crippen LogP) is 6.97. The number of fused-ring (bicyclic) bond motifs is 4. The first-order valence-electron chi connectivity index (χ1n) is 16.1. The number of hydrogen-bond acceptors (Lipinski definition) is 14. The van der Waals surface area contributed by atoms with Crippen molar-refractivity contribution in [1.29, 1.82) is 0 Å². The second-order valence-electron chi connectivity index (χ2n) is 12.3. The molecule has 17 nitrogen and oxygen atoms in total. The number of aliphatic hydroxyl groups excluding tert-OH is 1. The van der Waals surface area contributed by atoms with Crippen molar-refractivity contribution in [2.45, 2.75) is 53.9 Å². The van der Waals surface area contributed by atoms with Crippen LogP contribution in [-0.4, -0.2) is 38.9 Å². The number of benzene rings is 4. The monoisotopic (exact) mass is 733 g/mol. The SMILES string of the molecule is CC(C)C(=O)OC(C)c1c([N+](=O)[O-])c2ccccc2c2ccccc12.COc1c(CO)cc([N+](=O)[O-])c2c(COC(=O)C(C)C)c([N+](=O)[O-])c(=O)oc12. The van der Waals surface area contributed by atoms with Crippen LogP contribution in [0.1, 0.15) is 57.4 Å². The zero-order valence-corrected chi connectivity index (χ0v) is 29.4. The van der Waals surface area contributed by atoms with Crippen LogP contribution >= 0.6 is 0 Å². The molecule has 0 aliphatic heterocycles. The maximum Gasteiger partial charge on any atom is 0.415 e. The number of rotatable bonds is 11. The summed E-state index contributed by atoms with van der Waals surface area (Å²) in [6, 6.07) is 15.7. The van der Waals surface area contributed by atoms with Crippen LogP contribution in [0.15, 0.2) is 63.8 Å². The van der Waals surface area contributed by atoms with Crippen LogP contribution in [0, 0.1) is 42.2 Å². The van der Waals surface area contributed by atoms with E-state index in [0.717, 1.165) is 22.2 Å². The van der Waals surface area contributed by atoms with Crippen molar-refractivity contribution < 1.29 is 48.1 Å². The van der Waals surface area contributed by atoms with Gasteiger partial charge < -0.3 is 23.7 Å². The van der Waals surface area contributed by atoms with Gasteiger partial charge in [-0.3, -0.25) is 39.9 Å². The lowest BCUT2D eigenvalue weighted by Crippen LogP contribution is -2.16. The molecule has 0 radical (unpaired) electrons. The zero-order valence-electron chi connectivity index (χ0n) is 29.4. The number of ether oxygens (including phenoxy) is 3. The number of carbonyl (C=O) groups is 2. The summed E-state index contributed by atoms with van der Waals surface area (Å²) in [6.45, 7) is 6.75. The Hall–Kier alpha value is -6.49. The molecule has 4 aromatic carbocycles. The van der Waals surface area contributed by atoms with Gasteiger partial charge in [0, 0.05) is 11.6 Å². The lowest BCUT2D eigenvalue weighted by molar-refractivity contribution is -0.389. The van der Waals surface area contributed by atoms with Crippen LogP contribution in [0.5, 0.6) is 5.75 Å². The van der Waals surface area contributed by atoms with E-state index in [1.807, 2.05) is 36.4 Å². The third kappa shape index (κ3) is 7.89. The molecule has 0 spiro atoms. The third-order valence-corrected chi connectivity index (χ3v) is 8.15. The highest BCUT2D eigenvalue weighted by atomic mass is 16.6. The van der Waals surface area contributed by atoms with E-state index in [4.69, 9.17) is 18.6 Å². The first kappa shape index (κ1) is 39.3. The Morgan fingerprint density at radius 1 is 0.792 bits per heavy atom. The molecule has 0 saturated carbocycles. The molecule has 1 aromatic heterocycles. The molecule has 1 unspecified atom stereocenters. The number of aliphatic hydroxyl groups is 1. The molecule has 0 amide bonds. The number of nitro benzene ring substituents is 2. The molecular formula is C36H35N3O14. The van der Waals surface area contributed by atoms with Gasteiger partial charge in [-0.25, -0.2) is 4.79 Å². The molecule has 1 atom stereocenters. The van der Waals surface area contributed by atoms with E-state index in [-0.39, 0.29) is 33.8 Å². The summed E-state index contributed by atoms with van der Waals surface area (Å²) in [5, 5.41) is 46.8. The second kappa shape index (κ2) is 16.2. The summed E-state index contributed by atoms with van der Waals surface area (Å²) in [7, 11) is 1.17. The molecule has 53 heavy (non-hydrogen) atoms. The smallest absolute Gasteiger partial charge is 0.415 e. The Kier molecular flexibility index (Phi) is 12.0. The number of hydrogen-bond donors (Lipinski definition) is 1. The molecule has 5 rings (SSSR count). The number of nitrogens with zero attached hydrogens (tertiary/aromatic N) is 3. The average molecular weight is 734 g/mol. The summed E-state index contributed by atoms with van der Waals surface area (Å²) in [6.07, 6.45) is -0.718. The van der Waals surface area contributed by atoms with Gasteiger partial charge in [0.25, 0.3) is 11.4 Å². The Bertz CT molecular complexity index is 2330. The van der Waals surface area contributed by atoms with Gasteiger partial charge in [-0.15, -0.1) is 0 Å². The summed E-state index contributed by atoms with van der Waals surface area (Å²) >= 11 is 0. The molecule has 1 heterocycles.